The normalized spacial score (nSPS) is 16.8. The van der Waals surface area contributed by atoms with Crippen molar-refractivity contribution < 1.29 is 9.53 Å². The number of benzene rings is 2. The first-order valence-electron chi connectivity index (χ1n) is 11.4. The van der Waals surface area contributed by atoms with Crippen molar-refractivity contribution in [2.45, 2.75) is 25.9 Å². The van der Waals surface area contributed by atoms with Crippen molar-refractivity contribution in [2.75, 3.05) is 25.5 Å². The number of piperidine rings is 1. The molecule has 3 aromatic rings. The second kappa shape index (κ2) is 9.85. The largest absolute Gasteiger partial charge is 0.490 e. The number of amides is 1. The molecule has 0 aliphatic carbocycles. The molecule has 0 bridgehead atoms. The predicted octanol–water partition coefficient (Wildman–Crippen LogP) is 5.47. The van der Waals surface area contributed by atoms with Crippen molar-refractivity contribution in [1.29, 1.82) is 0 Å². The van der Waals surface area contributed by atoms with Gasteiger partial charge >= 0.3 is 0 Å². The first-order valence-corrected chi connectivity index (χ1v) is 12.3. The molecule has 2 aromatic carbocycles. The molecule has 5 rings (SSSR count). The van der Waals surface area contributed by atoms with E-state index in [4.69, 9.17) is 4.74 Å². The van der Waals surface area contributed by atoms with Crippen LogP contribution in [0.5, 0.6) is 5.75 Å². The number of fused-ring (bicyclic) bond motifs is 1. The van der Waals surface area contributed by atoms with E-state index < -0.39 is 0 Å². The fraction of sp³-hybridized carbons (Fsp3) is 0.259. The van der Waals surface area contributed by atoms with Crippen LogP contribution in [-0.4, -0.2) is 47.1 Å². The third-order valence-corrected chi connectivity index (χ3v) is 6.77. The van der Waals surface area contributed by atoms with E-state index in [2.05, 4.69) is 39.0 Å². The lowest BCUT2D eigenvalue weighted by molar-refractivity contribution is 0.102. The number of likely N-dealkylation sites (tertiary alicyclic amines) is 1. The zero-order valence-corrected chi connectivity index (χ0v) is 20.1. The summed E-state index contributed by atoms with van der Waals surface area (Å²) < 4.78 is 6.14. The third-order valence-electron chi connectivity index (χ3n) is 5.98. The van der Waals surface area contributed by atoms with E-state index in [0.29, 0.717) is 11.4 Å². The summed E-state index contributed by atoms with van der Waals surface area (Å²) >= 11 is 1.55. The average molecular weight is 471 g/mol. The number of hydrogen-bond donors (Lipinski definition) is 1. The van der Waals surface area contributed by atoms with Crippen LogP contribution < -0.4 is 10.1 Å². The number of aliphatic imine (C=N–C) groups is 1. The number of ether oxygens (including phenoxy) is 1. The molecule has 6 nitrogen and oxygen atoms in total. The Labute approximate surface area is 203 Å². The maximum absolute atomic E-state index is 12.9. The molecule has 172 valence electrons. The standard InChI is InChI=1S/C27H26N4O2S/c1-18-10-13-34-27(29-18)20-6-7-21-17-28-25(16-22(21)14-20)30-26(32)19-4-3-5-24(15-19)33-23-8-11-31(2)12-9-23/h3-7,13-17,23H,8-9,11-12H2,1-2H3,(H,28,30,32). The molecule has 0 saturated carbocycles. The fourth-order valence-electron chi connectivity index (χ4n) is 4.05. The van der Waals surface area contributed by atoms with Gasteiger partial charge in [-0.1, -0.05) is 35.7 Å². The van der Waals surface area contributed by atoms with Gasteiger partial charge in [-0.25, -0.2) is 9.98 Å². The summed E-state index contributed by atoms with van der Waals surface area (Å²) in [4.78, 5) is 24.2. The number of pyridine rings is 1. The van der Waals surface area contributed by atoms with Crippen molar-refractivity contribution in [1.82, 2.24) is 9.88 Å². The van der Waals surface area contributed by atoms with Crippen molar-refractivity contribution in [3.05, 3.63) is 82.7 Å². The van der Waals surface area contributed by atoms with Crippen molar-refractivity contribution in [3.8, 4) is 5.75 Å². The average Bonchev–Trinajstić information content (AvgIpc) is 2.85. The number of rotatable bonds is 5. The van der Waals surface area contributed by atoms with E-state index >= 15 is 0 Å². The Kier molecular flexibility index (Phi) is 6.50. The molecule has 1 N–H and O–H groups in total. The number of carbonyl (C=O) groups excluding carboxylic acids is 1. The van der Waals surface area contributed by atoms with Crippen LogP contribution in [0.25, 0.3) is 10.8 Å². The number of thioether (sulfide) groups is 1. The van der Waals surface area contributed by atoms with Crippen molar-refractivity contribution in [2.24, 2.45) is 4.99 Å². The van der Waals surface area contributed by atoms with Gasteiger partial charge in [0.05, 0.1) is 5.70 Å². The maximum Gasteiger partial charge on any atom is 0.256 e. The van der Waals surface area contributed by atoms with E-state index in [1.54, 1.807) is 30.1 Å². The Morgan fingerprint density at radius 2 is 2.00 bits per heavy atom. The number of nitrogens with one attached hydrogen (secondary N) is 1. The van der Waals surface area contributed by atoms with E-state index in [0.717, 1.165) is 58.8 Å². The molecule has 7 heteroatoms. The van der Waals surface area contributed by atoms with E-state index in [1.165, 1.54) is 0 Å². The highest BCUT2D eigenvalue weighted by Gasteiger charge is 2.18. The van der Waals surface area contributed by atoms with E-state index in [9.17, 15) is 4.79 Å². The summed E-state index contributed by atoms with van der Waals surface area (Å²) in [7, 11) is 2.13. The summed E-state index contributed by atoms with van der Waals surface area (Å²) in [5, 5.41) is 7.77. The Morgan fingerprint density at radius 1 is 1.15 bits per heavy atom. The lowest BCUT2D eigenvalue weighted by Crippen LogP contribution is -2.35. The van der Waals surface area contributed by atoms with Gasteiger partial charge < -0.3 is 15.0 Å². The zero-order chi connectivity index (χ0) is 23.5. The fourth-order valence-corrected chi connectivity index (χ4v) is 4.84. The number of anilines is 1. The summed E-state index contributed by atoms with van der Waals surface area (Å²) in [6.07, 6.45) is 3.95. The smallest absolute Gasteiger partial charge is 0.256 e. The molecule has 2 aliphatic heterocycles. The molecule has 2 aliphatic rings. The zero-order valence-electron chi connectivity index (χ0n) is 19.2. The SMILES string of the molecule is CC1=C=CSC(c2ccc3cnc(NC(=O)c4cccc(OC5CCN(C)CC5)c4)cc3c2)=N1. The second-order valence-corrected chi connectivity index (χ2v) is 9.47. The second-order valence-electron chi connectivity index (χ2n) is 8.62. The molecular formula is C27H26N4O2S. The third kappa shape index (κ3) is 5.23. The number of allylic oxidation sites excluding steroid dienone is 1. The molecule has 1 fully saturated rings. The van der Waals surface area contributed by atoms with Gasteiger partial charge in [0.2, 0.25) is 0 Å². The molecule has 3 heterocycles. The Morgan fingerprint density at radius 3 is 2.82 bits per heavy atom. The van der Waals surface area contributed by atoms with Gasteiger partial charge in [0.25, 0.3) is 5.91 Å². The van der Waals surface area contributed by atoms with Crippen molar-refractivity contribution >= 4 is 39.3 Å². The molecule has 0 spiro atoms. The Balaban J connectivity index is 1.31. The minimum absolute atomic E-state index is 0.188. The van der Waals surface area contributed by atoms with Gasteiger partial charge in [-0.15, -0.1) is 0 Å². The Hall–Kier alpha value is -3.38. The lowest BCUT2D eigenvalue weighted by Gasteiger charge is -2.29. The van der Waals surface area contributed by atoms with Crippen LogP contribution in [0, 0.1) is 0 Å². The molecule has 1 aromatic heterocycles. The number of carbonyl (C=O) groups is 1. The van der Waals surface area contributed by atoms with Crippen LogP contribution in [0.3, 0.4) is 0 Å². The number of hydrogen-bond acceptors (Lipinski definition) is 6. The van der Waals surface area contributed by atoms with Crippen LogP contribution in [0.4, 0.5) is 5.82 Å². The molecule has 1 amide bonds. The topological polar surface area (TPSA) is 66.8 Å². The van der Waals surface area contributed by atoms with Crippen molar-refractivity contribution in [3.63, 3.8) is 0 Å². The maximum atomic E-state index is 12.9. The molecule has 0 radical (unpaired) electrons. The minimum atomic E-state index is -0.213. The molecule has 1 saturated heterocycles. The predicted molar refractivity (Wildman–Crippen MR) is 139 cm³/mol. The van der Waals surface area contributed by atoms with Crippen LogP contribution in [0.15, 0.2) is 76.6 Å². The summed E-state index contributed by atoms with van der Waals surface area (Å²) in [5.41, 5.74) is 5.52. The van der Waals surface area contributed by atoms with Gasteiger partial charge in [0, 0.05) is 41.2 Å². The Bertz CT molecular complexity index is 1340. The molecular weight excluding hydrogens is 444 g/mol. The minimum Gasteiger partial charge on any atom is -0.490 e. The highest BCUT2D eigenvalue weighted by molar-refractivity contribution is 8.16. The molecule has 0 unspecified atom stereocenters. The lowest BCUT2D eigenvalue weighted by atomic mass is 10.1. The van der Waals surface area contributed by atoms with Crippen LogP contribution >= 0.6 is 11.8 Å². The monoisotopic (exact) mass is 470 g/mol. The van der Waals surface area contributed by atoms with Gasteiger partial charge in [0.15, 0.2) is 0 Å². The van der Waals surface area contributed by atoms with Gasteiger partial charge in [0.1, 0.15) is 22.7 Å². The summed E-state index contributed by atoms with van der Waals surface area (Å²) in [5.74, 6) is 1.02. The van der Waals surface area contributed by atoms with E-state index in [-0.39, 0.29) is 12.0 Å². The first kappa shape index (κ1) is 22.4. The highest BCUT2D eigenvalue weighted by atomic mass is 32.2. The quantitative estimate of drug-likeness (QED) is 0.501. The highest BCUT2D eigenvalue weighted by Crippen LogP contribution is 2.25. The number of nitrogens with zero attached hydrogens (tertiary/aromatic N) is 3. The molecule has 34 heavy (non-hydrogen) atoms. The van der Waals surface area contributed by atoms with Gasteiger partial charge in [-0.05, 0) is 62.5 Å². The van der Waals surface area contributed by atoms with Crippen LogP contribution in [-0.2, 0) is 0 Å². The van der Waals surface area contributed by atoms with Gasteiger partial charge in [-0.3, -0.25) is 4.79 Å². The number of aromatic nitrogens is 1. The summed E-state index contributed by atoms with van der Waals surface area (Å²) in [6, 6.07) is 15.4. The first-order chi connectivity index (χ1) is 16.5. The summed E-state index contributed by atoms with van der Waals surface area (Å²) in [6.45, 7) is 3.99. The van der Waals surface area contributed by atoms with Gasteiger partial charge in [-0.2, -0.15) is 0 Å². The van der Waals surface area contributed by atoms with E-state index in [1.807, 2.05) is 42.7 Å². The van der Waals surface area contributed by atoms with Crippen LogP contribution in [0.2, 0.25) is 0 Å². The van der Waals surface area contributed by atoms with Crippen LogP contribution in [0.1, 0.15) is 35.7 Å². The molecule has 0 atom stereocenters.